The number of carbonyl (C=O) groups excluding carboxylic acids is 1. The Morgan fingerprint density at radius 3 is 2.67 bits per heavy atom. The third-order valence-electron chi connectivity index (χ3n) is 6.82. The van der Waals surface area contributed by atoms with Gasteiger partial charge in [-0.05, 0) is 43.2 Å². The van der Waals surface area contributed by atoms with Gasteiger partial charge in [0.25, 0.3) is 5.91 Å². The standard InChI is InChI=1S/C26H31N5O2/c1-20-27-28-25-11-10-23(19-31(20)25)21-6-5-7-22(18-21)26(32)30-14-12-29(13-15-30)16-17-33-24-8-3-2-4-9-24/h2-9,18,23H,10-17,19H2,1H3/t23-/m1/s1. The molecular weight excluding hydrogens is 414 g/mol. The highest BCUT2D eigenvalue weighted by atomic mass is 16.5. The Hall–Kier alpha value is -3.19. The van der Waals surface area contributed by atoms with E-state index in [1.165, 1.54) is 5.56 Å². The van der Waals surface area contributed by atoms with Gasteiger partial charge < -0.3 is 14.2 Å². The summed E-state index contributed by atoms with van der Waals surface area (Å²) in [5.74, 6) is 3.47. The zero-order valence-corrected chi connectivity index (χ0v) is 19.2. The molecule has 0 radical (unpaired) electrons. The number of carbonyl (C=O) groups is 1. The number of hydrogen-bond acceptors (Lipinski definition) is 5. The van der Waals surface area contributed by atoms with Gasteiger partial charge in [-0.25, -0.2) is 0 Å². The molecule has 2 aliphatic rings. The number of piperazine rings is 1. The van der Waals surface area contributed by atoms with Gasteiger partial charge in [-0.3, -0.25) is 9.69 Å². The molecule has 2 aliphatic heterocycles. The van der Waals surface area contributed by atoms with Crippen LogP contribution < -0.4 is 4.74 Å². The lowest BCUT2D eigenvalue weighted by Gasteiger charge is -2.34. The fraction of sp³-hybridized carbons (Fsp3) is 0.423. The normalized spacial score (nSPS) is 18.7. The third-order valence-corrected chi connectivity index (χ3v) is 6.82. The summed E-state index contributed by atoms with van der Waals surface area (Å²) in [6.07, 6.45) is 1.97. The van der Waals surface area contributed by atoms with E-state index in [0.29, 0.717) is 12.5 Å². The van der Waals surface area contributed by atoms with Gasteiger partial charge in [0, 0.05) is 57.2 Å². The Balaban J connectivity index is 1.14. The monoisotopic (exact) mass is 445 g/mol. The lowest BCUT2D eigenvalue weighted by atomic mass is 9.90. The van der Waals surface area contributed by atoms with Crippen molar-refractivity contribution in [3.05, 3.63) is 77.4 Å². The molecule has 2 aromatic carbocycles. The quantitative estimate of drug-likeness (QED) is 0.583. The first-order valence-corrected chi connectivity index (χ1v) is 11.9. The van der Waals surface area contributed by atoms with Crippen LogP contribution in [0.25, 0.3) is 0 Å². The summed E-state index contributed by atoms with van der Waals surface area (Å²) >= 11 is 0. The van der Waals surface area contributed by atoms with Crippen LogP contribution in [0.2, 0.25) is 0 Å². The second-order valence-electron chi connectivity index (χ2n) is 8.93. The first kappa shape index (κ1) is 21.6. The van der Waals surface area contributed by atoms with E-state index in [4.69, 9.17) is 4.74 Å². The summed E-state index contributed by atoms with van der Waals surface area (Å²) in [5, 5.41) is 8.49. The summed E-state index contributed by atoms with van der Waals surface area (Å²) in [4.78, 5) is 17.6. The molecule has 7 heteroatoms. The fourth-order valence-electron chi connectivity index (χ4n) is 4.83. The zero-order chi connectivity index (χ0) is 22.6. The summed E-state index contributed by atoms with van der Waals surface area (Å²) in [6.45, 7) is 7.68. The summed E-state index contributed by atoms with van der Waals surface area (Å²) in [5.41, 5.74) is 2.02. The highest BCUT2D eigenvalue weighted by molar-refractivity contribution is 5.94. The second-order valence-corrected chi connectivity index (χ2v) is 8.93. The molecule has 0 bridgehead atoms. The second kappa shape index (κ2) is 9.75. The predicted octanol–water partition coefficient (Wildman–Crippen LogP) is 3.15. The van der Waals surface area contributed by atoms with Crippen molar-refractivity contribution < 1.29 is 9.53 Å². The molecule has 1 aromatic heterocycles. The number of aromatic nitrogens is 3. The number of ether oxygens (including phenoxy) is 1. The maximum Gasteiger partial charge on any atom is 0.253 e. The smallest absolute Gasteiger partial charge is 0.253 e. The van der Waals surface area contributed by atoms with Crippen molar-refractivity contribution in [3.63, 3.8) is 0 Å². The van der Waals surface area contributed by atoms with Gasteiger partial charge in [0.2, 0.25) is 0 Å². The van der Waals surface area contributed by atoms with E-state index >= 15 is 0 Å². The van der Waals surface area contributed by atoms with E-state index in [2.05, 4.69) is 31.8 Å². The summed E-state index contributed by atoms with van der Waals surface area (Å²) < 4.78 is 8.03. The molecule has 0 saturated carbocycles. The molecule has 1 amide bonds. The van der Waals surface area contributed by atoms with Crippen LogP contribution in [0, 0.1) is 6.92 Å². The van der Waals surface area contributed by atoms with Crippen molar-refractivity contribution in [2.75, 3.05) is 39.3 Å². The van der Waals surface area contributed by atoms with E-state index in [1.807, 2.05) is 54.3 Å². The van der Waals surface area contributed by atoms with Gasteiger partial charge in [0.05, 0.1) is 0 Å². The molecule has 0 N–H and O–H groups in total. The third kappa shape index (κ3) is 4.93. The minimum Gasteiger partial charge on any atom is -0.492 e. The van der Waals surface area contributed by atoms with Crippen molar-refractivity contribution in [1.29, 1.82) is 0 Å². The number of fused-ring (bicyclic) bond motifs is 1. The highest BCUT2D eigenvalue weighted by Crippen LogP contribution is 2.29. The minimum absolute atomic E-state index is 0.133. The van der Waals surface area contributed by atoms with Crippen LogP contribution in [-0.2, 0) is 13.0 Å². The molecule has 0 aliphatic carbocycles. The van der Waals surface area contributed by atoms with Crippen LogP contribution in [0.15, 0.2) is 54.6 Å². The molecule has 1 fully saturated rings. The Bertz CT molecular complexity index is 1090. The molecule has 3 heterocycles. The number of benzene rings is 2. The number of para-hydroxylation sites is 1. The first-order valence-electron chi connectivity index (χ1n) is 11.9. The minimum atomic E-state index is 0.133. The number of amides is 1. The van der Waals surface area contributed by atoms with Gasteiger partial charge in [0.1, 0.15) is 24.0 Å². The molecule has 33 heavy (non-hydrogen) atoms. The van der Waals surface area contributed by atoms with Crippen molar-refractivity contribution in [3.8, 4) is 5.75 Å². The van der Waals surface area contributed by atoms with Crippen LogP contribution in [0.5, 0.6) is 5.75 Å². The lowest BCUT2D eigenvalue weighted by Crippen LogP contribution is -2.49. The van der Waals surface area contributed by atoms with Crippen molar-refractivity contribution in [2.45, 2.75) is 32.2 Å². The molecule has 1 atom stereocenters. The number of rotatable bonds is 6. The van der Waals surface area contributed by atoms with E-state index < -0.39 is 0 Å². The van der Waals surface area contributed by atoms with Crippen LogP contribution >= 0.6 is 0 Å². The van der Waals surface area contributed by atoms with Gasteiger partial charge in [-0.2, -0.15) is 0 Å². The number of nitrogens with zero attached hydrogens (tertiary/aromatic N) is 5. The van der Waals surface area contributed by atoms with Crippen LogP contribution in [0.4, 0.5) is 0 Å². The number of hydrogen-bond donors (Lipinski definition) is 0. The van der Waals surface area contributed by atoms with Crippen molar-refractivity contribution in [1.82, 2.24) is 24.6 Å². The van der Waals surface area contributed by atoms with Gasteiger partial charge in [0.15, 0.2) is 0 Å². The van der Waals surface area contributed by atoms with E-state index in [0.717, 1.165) is 75.1 Å². The van der Waals surface area contributed by atoms with Crippen molar-refractivity contribution in [2.24, 2.45) is 0 Å². The zero-order valence-electron chi connectivity index (χ0n) is 19.2. The van der Waals surface area contributed by atoms with E-state index in [1.54, 1.807) is 0 Å². The summed E-state index contributed by atoms with van der Waals surface area (Å²) in [6, 6.07) is 18.1. The van der Waals surface area contributed by atoms with Crippen LogP contribution in [0.1, 0.15) is 39.9 Å². The lowest BCUT2D eigenvalue weighted by molar-refractivity contribution is 0.0620. The fourth-order valence-corrected chi connectivity index (χ4v) is 4.83. The first-order chi connectivity index (χ1) is 16.2. The topological polar surface area (TPSA) is 63.5 Å². The van der Waals surface area contributed by atoms with Gasteiger partial charge >= 0.3 is 0 Å². The largest absolute Gasteiger partial charge is 0.492 e. The Labute approximate surface area is 195 Å². The van der Waals surface area contributed by atoms with Crippen molar-refractivity contribution >= 4 is 5.91 Å². The average molecular weight is 446 g/mol. The predicted molar refractivity (Wildman–Crippen MR) is 127 cm³/mol. The summed E-state index contributed by atoms with van der Waals surface area (Å²) in [7, 11) is 0. The molecule has 5 rings (SSSR count). The molecule has 172 valence electrons. The number of aryl methyl sites for hydroxylation is 2. The Morgan fingerprint density at radius 1 is 1.03 bits per heavy atom. The van der Waals surface area contributed by atoms with Crippen LogP contribution in [0.3, 0.4) is 0 Å². The SMILES string of the molecule is Cc1nnc2n1C[C@H](c1cccc(C(=O)N3CCN(CCOc4ccccc4)CC3)c1)CC2. The Morgan fingerprint density at radius 2 is 1.85 bits per heavy atom. The van der Waals surface area contributed by atoms with E-state index in [9.17, 15) is 4.79 Å². The van der Waals surface area contributed by atoms with Gasteiger partial charge in [-0.15, -0.1) is 10.2 Å². The Kier molecular flexibility index (Phi) is 6.39. The van der Waals surface area contributed by atoms with Gasteiger partial charge in [-0.1, -0.05) is 30.3 Å². The van der Waals surface area contributed by atoms with E-state index in [-0.39, 0.29) is 5.91 Å². The molecular formula is C26H31N5O2. The molecule has 0 unspecified atom stereocenters. The average Bonchev–Trinajstić information content (AvgIpc) is 3.25. The molecule has 7 nitrogen and oxygen atoms in total. The molecule has 3 aromatic rings. The molecule has 1 saturated heterocycles. The maximum atomic E-state index is 13.2. The maximum absolute atomic E-state index is 13.2. The van der Waals surface area contributed by atoms with Crippen LogP contribution in [-0.4, -0.2) is 69.8 Å². The molecule has 0 spiro atoms. The highest BCUT2D eigenvalue weighted by Gasteiger charge is 2.25.